The number of oxime groups is 1. The fraction of sp³-hybridized carbons (Fsp3) is 0.167. The van der Waals surface area contributed by atoms with Gasteiger partial charge < -0.3 is 9.88 Å². The largest absolute Gasteiger partial charge is 0.435 e. The molecule has 1 heterocycles. The molecule has 0 atom stereocenters. The fourth-order valence-electron chi connectivity index (χ4n) is 1.36. The second kappa shape index (κ2) is 4.69. The summed E-state index contributed by atoms with van der Waals surface area (Å²) >= 11 is 0. The minimum Gasteiger partial charge on any atom is -0.361 e. The molecule has 0 aliphatic rings. The Morgan fingerprint density at radius 3 is 3.00 bits per heavy atom. The van der Waals surface area contributed by atoms with Gasteiger partial charge in [0.25, 0.3) is 0 Å². The second-order valence-electron chi connectivity index (χ2n) is 3.81. The van der Waals surface area contributed by atoms with Gasteiger partial charge in [0.15, 0.2) is 0 Å². The molecule has 0 bridgehead atoms. The van der Waals surface area contributed by atoms with E-state index in [1.807, 2.05) is 30.5 Å². The third kappa shape index (κ3) is 2.63. The molecule has 0 unspecified atom stereocenters. The number of benzene rings is 1. The van der Waals surface area contributed by atoms with Gasteiger partial charge in [0.2, 0.25) is 0 Å². The Morgan fingerprint density at radius 2 is 2.24 bits per heavy atom. The fourth-order valence-corrected chi connectivity index (χ4v) is 1.36. The molecule has 1 amide bonds. The van der Waals surface area contributed by atoms with Gasteiger partial charge in [-0.15, -0.1) is 0 Å². The van der Waals surface area contributed by atoms with Gasteiger partial charge in [-0.25, -0.2) is 4.79 Å². The van der Waals surface area contributed by atoms with Crippen molar-refractivity contribution in [2.45, 2.75) is 0 Å². The number of nitrogens with one attached hydrogen (secondary N) is 1. The first kappa shape index (κ1) is 11.2. The van der Waals surface area contributed by atoms with E-state index in [0.29, 0.717) is 0 Å². The van der Waals surface area contributed by atoms with E-state index in [4.69, 9.17) is 0 Å². The van der Waals surface area contributed by atoms with Crippen LogP contribution in [0.4, 0.5) is 4.79 Å². The van der Waals surface area contributed by atoms with Crippen LogP contribution in [0.15, 0.2) is 35.6 Å². The summed E-state index contributed by atoms with van der Waals surface area (Å²) in [6.07, 6.45) is 2.88. The zero-order chi connectivity index (χ0) is 12.3. The van der Waals surface area contributed by atoms with Crippen LogP contribution in [0.1, 0.15) is 5.56 Å². The molecule has 88 valence electrons. The molecule has 1 aromatic carbocycles. The highest BCUT2D eigenvalue weighted by Gasteiger charge is 2.02. The molecule has 2 aromatic rings. The van der Waals surface area contributed by atoms with Crippen molar-refractivity contribution < 1.29 is 9.63 Å². The van der Waals surface area contributed by atoms with Crippen LogP contribution in [0.25, 0.3) is 10.9 Å². The summed E-state index contributed by atoms with van der Waals surface area (Å²) in [5.41, 5.74) is 1.89. The molecule has 0 saturated carbocycles. The van der Waals surface area contributed by atoms with Crippen molar-refractivity contribution in [1.82, 2.24) is 9.88 Å². The first-order chi connectivity index (χ1) is 8.16. The number of carbonyl (C=O) groups excluding carboxylic acids is 1. The van der Waals surface area contributed by atoms with Gasteiger partial charge in [-0.1, -0.05) is 17.3 Å². The summed E-state index contributed by atoms with van der Waals surface area (Å²) in [4.78, 5) is 20.1. The maximum atomic E-state index is 11.1. The smallest absolute Gasteiger partial charge is 0.361 e. The first-order valence-electron chi connectivity index (χ1n) is 5.15. The van der Waals surface area contributed by atoms with Gasteiger partial charge in [-0.2, -0.15) is 0 Å². The normalized spacial score (nSPS) is 10.9. The van der Waals surface area contributed by atoms with Gasteiger partial charge in [-0.3, -0.25) is 4.84 Å². The number of rotatable bonds is 2. The molecular formula is C12H13N3O2. The lowest BCUT2D eigenvalue weighted by atomic mass is 10.2. The van der Waals surface area contributed by atoms with Gasteiger partial charge >= 0.3 is 6.09 Å². The number of carbonyl (C=O) groups is 1. The van der Waals surface area contributed by atoms with E-state index < -0.39 is 6.09 Å². The van der Waals surface area contributed by atoms with Crippen molar-refractivity contribution in [1.29, 1.82) is 0 Å². The van der Waals surface area contributed by atoms with Crippen molar-refractivity contribution in [2.24, 2.45) is 5.16 Å². The molecule has 1 aromatic heterocycles. The number of hydrogen-bond acceptors (Lipinski definition) is 3. The highest BCUT2D eigenvalue weighted by atomic mass is 16.7. The van der Waals surface area contributed by atoms with E-state index in [1.165, 1.54) is 11.1 Å². The molecule has 2 rings (SSSR count). The average molecular weight is 231 g/mol. The van der Waals surface area contributed by atoms with Gasteiger partial charge in [0.05, 0.1) is 6.21 Å². The second-order valence-corrected chi connectivity index (χ2v) is 3.81. The molecule has 0 aliphatic heterocycles. The summed E-state index contributed by atoms with van der Waals surface area (Å²) in [5.74, 6) is 0. The molecule has 5 heteroatoms. The first-order valence-corrected chi connectivity index (χ1v) is 5.15. The highest BCUT2D eigenvalue weighted by molar-refractivity contribution is 5.88. The van der Waals surface area contributed by atoms with Crippen LogP contribution in [0.2, 0.25) is 0 Å². The summed E-state index contributed by atoms with van der Waals surface area (Å²) in [5, 5.41) is 4.76. The predicted octanol–water partition coefficient (Wildman–Crippen LogP) is 2.20. The monoisotopic (exact) mass is 231 g/mol. The summed E-state index contributed by atoms with van der Waals surface area (Å²) < 4.78 is 0. The van der Waals surface area contributed by atoms with Crippen LogP contribution < -0.4 is 0 Å². The molecule has 5 nitrogen and oxygen atoms in total. The van der Waals surface area contributed by atoms with E-state index in [0.717, 1.165) is 16.5 Å². The molecule has 0 saturated heterocycles. The number of aromatic amines is 1. The Bertz CT molecular complexity index is 558. The van der Waals surface area contributed by atoms with E-state index in [-0.39, 0.29) is 0 Å². The third-order valence-corrected chi connectivity index (χ3v) is 2.28. The quantitative estimate of drug-likeness (QED) is 0.489. The molecule has 1 N–H and O–H groups in total. The Balaban J connectivity index is 2.07. The van der Waals surface area contributed by atoms with Crippen LogP contribution in [-0.4, -0.2) is 36.3 Å². The number of fused-ring (bicyclic) bond motifs is 1. The van der Waals surface area contributed by atoms with Crippen LogP contribution in [-0.2, 0) is 4.84 Å². The van der Waals surface area contributed by atoms with Crippen LogP contribution >= 0.6 is 0 Å². The molecule has 0 fully saturated rings. The Labute approximate surface area is 98.7 Å². The van der Waals surface area contributed by atoms with E-state index in [9.17, 15) is 4.79 Å². The molecule has 0 aliphatic carbocycles. The van der Waals surface area contributed by atoms with Crippen molar-refractivity contribution in [3.63, 3.8) is 0 Å². The van der Waals surface area contributed by atoms with E-state index >= 15 is 0 Å². The van der Waals surface area contributed by atoms with Gasteiger partial charge in [-0.05, 0) is 23.1 Å². The van der Waals surface area contributed by atoms with Crippen LogP contribution in [0.5, 0.6) is 0 Å². The minimum atomic E-state index is -0.498. The number of H-pyrrole nitrogens is 1. The van der Waals surface area contributed by atoms with Crippen molar-refractivity contribution in [2.75, 3.05) is 14.1 Å². The maximum Gasteiger partial charge on any atom is 0.435 e. The Morgan fingerprint density at radius 1 is 1.41 bits per heavy atom. The van der Waals surface area contributed by atoms with Gasteiger partial charge in [0.1, 0.15) is 0 Å². The van der Waals surface area contributed by atoms with Gasteiger partial charge in [0, 0.05) is 25.8 Å². The summed E-state index contributed by atoms with van der Waals surface area (Å²) in [6.45, 7) is 0. The summed E-state index contributed by atoms with van der Waals surface area (Å²) in [6, 6.07) is 7.80. The predicted molar refractivity (Wildman–Crippen MR) is 66.1 cm³/mol. The lowest BCUT2D eigenvalue weighted by Crippen LogP contribution is -2.20. The van der Waals surface area contributed by atoms with Crippen molar-refractivity contribution >= 4 is 23.2 Å². The topological polar surface area (TPSA) is 57.7 Å². The zero-order valence-electron chi connectivity index (χ0n) is 9.68. The number of aromatic nitrogens is 1. The SMILES string of the molecule is CN(C)C(=O)ON=Cc1ccc2cc[nH]c2c1. The maximum absolute atomic E-state index is 11.1. The number of hydrogen-bond donors (Lipinski definition) is 1. The lowest BCUT2D eigenvalue weighted by Gasteiger charge is -2.05. The highest BCUT2D eigenvalue weighted by Crippen LogP contribution is 2.12. The average Bonchev–Trinajstić information content (AvgIpc) is 2.75. The Hall–Kier alpha value is -2.30. The van der Waals surface area contributed by atoms with Crippen molar-refractivity contribution in [3.05, 3.63) is 36.0 Å². The number of amides is 1. The van der Waals surface area contributed by atoms with Crippen molar-refractivity contribution in [3.8, 4) is 0 Å². The van der Waals surface area contributed by atoms with E-state index in [2.05, 4.69) is 15.0 Å². The minimum absolute atomic E-state index is 0.498. The summed E-state index contributed by atoms with van der Waals surface area (Å²) in [7, 11) is 3.20. The zero-order valence-corrected chi connectivity index (χ0v) is 9.68. The van der Waals surface area contributed by atoms with Crippen LogP contribution in [0, 0.1) is 0 Å². The van der Waals surface area contributed by atoms with E-state index in [1.54, 1.807) is 14.1 Å². The van der Waals surface area contributed by atoms with Crippen LogP contribution in [0.3, 0.4) is 0 Å². The Kier molecular flexibility index (Phi) is 3.09. The molecule has 17 heavy (non-hydrogen) atoms. The lowest BCUT2D eigenvalue weighted by molar-refractivity contribution is 0.123. The number of nitrogens with zero attached hydrogens (tertiary/aromatic N) is 2. The molecular weight excluding hydrogens is 218 g/mol. The standard InChI is InChI=1S/C12H13N3O2/c1-15(2)12(16)17-14-8-9-3-4-10-5-6-13-11(10)7-9/h3-8,13H,1-2H3. The third-order valence-electron chi connectivity index (χ3n) is 2.28. The molecule has 0 radical (unpaired) electrons. The molecule has 0 spiro atoms.